The lowest BCUT2D eigenvalue weighted by Crippen LogP contribution is -2.34. The van der Waals surface area contributed by atoms with Crippen LogP contribution in [-0.2, 0) is 0 Å². The van der Waals surface area contributed by atoms with Gasteiger partial charge in [0.15, 0.2) is 0 Å². The minimum Gasteiger partial charge on any atom is -0.340 e. The number of nitrogens with zero attached hydrogens (tertiary/aromatic N) is 1. The molecule has 2 N–H and O–H groups in total. The Labute approximate surface area is 112 Å². The van der Waals surface area contributed by atoms with E-state index >= 15 is 0 Å². The van der Waals surface area contributed by atoms with Crippen molar-refractivity contribution >= 4 is 10.9 Å². The third-order valence-electron chi connectivity index (χ3n) is 4.30. The average molecular weight is 259 g/mol. The Bertz CT molecular complexity index is 634. The molecule has 3 rings (SSSR count). The average Bonchev–Trinajstić information content (AvgIpc) is 2.83. The molecule has 0 radical (unpaired) electrons. The molecule has 0 amide bonds. The maximum atomic E-state index is 12.2. The quantitative estimate of drug-likeness (QED) is 0.868. The van der Waals surface area contributed by atoms with Gasteiger partial charge in [0, 0.05) is 23.3 Å². The standard InChI is InChI=1S/C15H21N3O/c1-10-8-12-5-7-18(14(12)15(19)17-10)11(2)13-4-3-6-16-9-13/h5,7-8,11,13,16H,3-4,6,9H2,1-2H3,(H,17,19). The number of nitrogens with one attached hydrogen (secondary N) is 2. The van der Waals surface area contributed by atoms with Crippen LogP contribution >= 0.6 is 0 Å². The van der Waals surface area contributed by atoms with E-state index in [2.05, 4.69) is 28.0 Å². The number of fused-ring (bicyclic) bond motifs is 1. The molecule has 1 aliphatic heterocycles. The molecule has 3 heterocycles. The van der Waals surface area contributed by atoms with E-state index in [1.54, 1.807) is 0 Å². The van der Waals surface area contributed by atoms with E-state index < -0.39 is 0 Å². The van der Waals surface area contributed by atoms with E-state index in [-0.39, 0.29) is 5.56 Å². The lowest BCUT2D eigenvalue weighted by molar-refractivity contribution is 0.284. The maximum Gasteiger partial charge on any atom is 0.272 e. The van der Waals surface area contributed by atoms with E-state index in [0.717, 1.165) is 29.7 Å². The molecule has 4 heteroatoms. The molecular weight excluding hydrogens is 238 g/mol. The highest BCUT2D eigenvalue weighted by Crippen LogP contribution is 2.27. The number of H-pyrrole nitrogens is 1. The smallest absolute Gasteiger partial charge is 0.272 e. The van der Waals surface area contributed by atoms with Gasteiger partial charge in [-0.2, -0.15) is 0 Å². The molecule has 2 aromatic heterocycles. The number of rotatable bonds is 2. The number of pyridine rings is 1. The van der Waals surface area contributed by atoms with Gasteiger partial charge in [-0.05, 0) is 57.8 Å². The summed E-state index contributed by atoms with van der Waals surface area (Å²) in [6.07, 6.45) is 4.51. The first-order valence-electron chi connectivity index (χ1n) is 7.08. The largest absolute Gasteiger partial charge is 0.340 e. The van der Waals surface area contributed by atoms with Crippen LogP contribution in [0.3, 0.4) is 0 Å². The Morgan fingerprint density at radius 2 is 2.32 bits per heavy atom. The highest BCUT2D eigenvalue weighted by molar-refractivity contribution is 5.79. The lowest BCUT2D eigenvalue weighted by atomic mass is 9.92. The fourth-order valence-electron chi connectivity index (χ4n) is 3.19. The summed E-state index contributed by atoms with van der Waals surface area (Å²) in [5.74, 6) is 0.602. The second-order valence-electron chi connectivity index (χ2n) is 5.66. The van der Waals surface area contributed by atoms with Gasteiger partial charge in [-0.15, -0.1) is 0 Å². The van der Waals surface area contributed by atoms with Crippen molar-refractivity contribution in [3.63, 3.8) is 0 Å². The zero-order valence-electron chi connectivity index (χ0n) is 11.6. The van der Waals surface area contributed by atoms with Crippen molar-refractivity contribution in [2.45, 2.75) is 32.7 Å². The summed E-state index contributed by atoms with van der Waals surface area (Å²) in [5, 5.41) is 4.49. The van der Waals surface area contributed by atoms with Crippen LogP contribution in [0.5, 0.6) is 0 Å². The zero-order chi connectivity index (χ0) is 13.4. The molecule has 0 aromatic carbocycles. The summed E-state index contributed by atoms with van der Waals surface area (Å²) in [6.45, 7) is 6.31. The van der Waals surface area contributed by atoms with Crippen molar-refractivity contribution in [1.29, 1.82) is 0 Å². The highest BCUT2D eigenvalue weighted by Gasteiger charge is 2.22. The first-order valence-corrected chi connectivity index (χ1v) is 7.08. The molecule has 0 aliphatic carbocycles. The van der Waals surface area contributed by atoms with Crippen LogP contribution in [0.25, 0.3) is 10.9 Å². The topological polar surface area (TPSA) is 49.8 Å². The van der Waals surface area contributed by atoms with Gasteiger partial charge >= 0.3 is 0 Å². The third-order valence-corrected chi connectivity index (χ3v) is 4.30. The molecule has 4 nitrogen and oxygen atoms in total. The van der Waals surface area contributed by atoms with Gasteiger partial charge in [0.1, 0.15) is 5.52 Å². The highest BCUT2D eigenvalue weighted by atomic mass is 16.1. The summed E-state index contributed by atoms with van der Waals surface area (Å²) >= 11 is 0. The molecule has 102 valence electrons. The molecule has 0 spiro atoms. The number of aromatic amines is 1. The van der Waals surface area contributed by atoms with Crippen molar-refractivity contribution in [3.8, 4) is 0 Å². The van der Waals surface area contributed by atoms with E-state index in [1.807, 2.05) is 19.1 Å². The number of aryl methyl sites for hydroxylation is 1. The third kappa shape index (κ3) is 2.21. The van der Waals surface area contributed by atoms with Crippen molar-refractivity contribution in [2.75, 3.05) is 13.1 Å². The molecule has 1 aliphatic rings. The van der Waals surface area contributed by atoms with Crippen molar-refractivity contribution in [2.24, 2.45) is 5.92 Å². The molecule has 2 unspecified atom stereocenters. The van der Waals surface area contributed by atoms with Gasteiger partial charge in [0.2, 0.25) is 0 Å². The zero-order valence-corrected chi connectivity index (χ0v) is 11.6. The van der Waals surface area contributed by atoms with Crippen molar-refractivity contribution < 1.29 is 0 Å². The SMILES string of the molecule is Cc1cc2ccn(C(C)C3CCCNC3)c2c(=O)[nH]1. The number of piperidine rings is 1. The number of hydrogen-bond donors (Lipinski definition) is 2. The van der Waals surface area contributed by atoms with Crippen molar-refractivity contribution in [3.05, 3.63) is 34.4 Å². The molecule has 0 bridgehead atoms. The summed E-state index contributed by atoms with van der Waals surface area (Å²) in [7, 11) is 0. The molecule has 1 saturated heterocycles. The Kier molecular flexibility index (Phi) is 3.19. The summed E-state index contributed by atoms with van der Waals surface area (Å²) in [5.41, 5.74) is 1.75. The minimum absolute atomic E-state index is 0.0237. The number of hydrogen-bond acceptors (Lipinski definition) is 2. The van der Waals surface area contributed by atoms with E-state index in [9.17, 15) is 4.79 Å². The first-order chi connectivity index (χ1) is 9.16. The van der Waals surface area contributed by atoms with Gasteiger partial charge in [-0.3, -0.25) is 4.79 Å². The Morgan fingerprint density at radius 1 is 1.47 bits per heavy atom. The minimum atomic E-state index is 0.0237. The predicted molar refractivity (Wildman–Crippen MR) is 77.6 cm³/mol. The fourth-order valence-corrected chi connectivity index (χ4v) is 3.19. The Hall–Kier alpha value is -1.55. The van der Waals surface area contributed by atoms with Crippen LogP contribution in [0.2, 0.25) is 0 Å². The maximum absolute atomic E-state index is 12.2. The summed E-state index contributed by atoms with van der Waals surface area (Å²) in [4.78, 5) is 15.1. The normalized spacial score (nSPS) is 21.7. The van der Waals surface area contributed by atoms with Gasteiger partial charge in [0.05, 0.1) is 0 Å². The van der Waals surface area contributed by atoms with Crippen LogP contribution in [0.1, 0.15) is 31.5 Å². The summed E-state index contributed by atoms with van der Waals surface area (Å²) in [6, 6.07) is 4.44. The second-order valence-corrected chi connectivity index (χ2v) is 5.66. The van der Waals surface area contributed by atoms with E-state index in [0.29, 0.717) is 12.0 Å². The van der Waals surface area contributed by atoms with Gasteiger partial charge in [0.25, 0.3) is 5.56 Å². The monoisotopic (exact) mass is 259 g/mol. The van der Waals surface area contributed by atoms with Crippen LogP contribution < -0.4 is 10.9 Å². The molecule has 2 atom stereocenters. The van der Waals surface area contributed by atoms with Crippen LogP contribution in [0.15, 0.2) is 23.1 Å². The number of aromatic nitrogens is 2. The first kappa shape index (κ1) is 12.5. The van der Waals surface area contributed by atoms with Gasteiger partial charge in [-0.25, -0.2) is 0 Å². The van der Waals surface area contributed by atoms with Crippen LogP contribution in [-0.4, -0.2) is 22.6 Å². The fraction of sp³-hybridized carbons (Fsp3) is 0.533. The van der Waals surface area contributed by atoms with Crippen LogP contribution in [0, 0.1) is 12.8 Å². The van der Waals surface area contributed by atoms with Gasteiger partial charge < -0.3 is 14.9 Å². The Balaban J connectivity index is 2.02. The molecular formula is C15H21N3O. The van der Waals surface area contributed by atoms with E-state index in [4.69, 9.17) is 0 Å². The summed E-state index contributed by atoms with van der Waals surface area (Å²) < 4.78 is 2.14. The van der Waals surface area contributed by atoms with Gasteiger partial charge in [-0.1, -0.05) is 0 Å². The molecule has 1 fully saturated rings. The lowest BCUT2D eigenvalue weighted by Gasteiger charge is -2.29. The van der Waals surface area contributed by atoms with Crippen molar-refractivity contribution in [1.82, 2.24) is 14.9 Å². The van der Waals surface area contributed by atoms with Crippen LogP contribution in [0.4, 0.5) is 0 Å². The predicted octanol–water partition coefficient (Wildman–Crippen LogP) is 2.20. The Morgan fingerprint density at radius 3 is 3.05 bits per heavy atom. The molecule has 2 aromatic rings. The molecule has 19 heavy (non-hydrogen) atoms. The van der Waals surface area contributed by atoms with E-state index in [1.165, 1.54) is 12.8 Å². The molecule has 0 saturated carbocycles. The second kappa shape index (κ2) is 4.85.